The molecular weight excluding hydrogens is 721 g/mol. The maximum atomic E-state index is 14.6. The van der Waals surface area contributed by atoms with Gasteiger partial charge in [0.1, 0.15) is 24.4 Å². The molecule has 57 heavy (non-hydrogen) atoms. The number of ether oxygens (including phenoxy) is 4. The zero-order valence-corrected chi connectivity index (χ0v) is 31.9. The van der Waals surface area contributed by atoms with Crippen molar-refractivity contribution in [1.82, 2.24) is 10.2 Å². The van der Waals surface area contributed by atoms with Gasteiger partial charge in [-0.25, -0.2) is 4.79 Å². The van der Waals surface area contributed by atoms with E-state index in [2.05, 4.69) is 11.4 Å². The molecule has 2 amide bonds. The number of nitrogens with one attached hydrogen (secondary N) is 1. The second kappa shape index (κ2) is 17.0. The molecule has 2 aliphatic heterocycles. The molecule has 2 aliphatic carbocycles. The minimum absolute atomic E-state index is 0.0258. The third kappa shape index (κ3) is 8.36. The van der Waals surface area contributed by atoms with Crippen LogP contribution in [0.15, 0.2) is 133 Å². The largest absolute Gasteiger partial charge is 0.456 e. The van der Waals surface area contributed by atoms with E-state index in [9.17, 15) is 19.5 Å². The number of hydrogen-bond acceptors (Lipinski definition) is 8. The van der Waals surface area contributed by atoms with Gasteiger partial charge in [0.05, 0.1) is 24.4 Å². The number of fused-ring (bicyclic) bond motifs is 2. The lowest BCUT2D eigenvalue weighted by Gasteiger charge is -2.33. The zero-order chi connectivity index (χ0) is 39.4. The van der Waals surface area contributed by atoms with Crippen molar-refractivity contribution in [3.05, 3.63) is 161 Å². The highest BCUT2D eigenvalue weighted by atomic mass is 16.8. The Morgan fingerprint density at radius 3 is 2.23 bits per heavy atom. The molecule has 4 aliphatic rings. The van der Waals surface area contributed by atoms with E-state index < -0.39 is 47.9 Å². The molecule has 0 aromatic heterocycles. The van der Waals surface area contributed by atoms with Crippen molar-refractivity contribution in [3.8, 4) is 0 Å². The Hall–Kier alpha value is -5.39. The molecule has 10 nitrogen and oxygen atoms in total. The average Bonchev–Trinajstić information content (AvgIpc) is 3.93. The monoisotopic (exact) mass is 768 g/mol. The number of esters is 1. The molecule has 1 saturated carbocycles. The van der Waals surface area contributed by atoms with E-state index in [1.807, 2.05) is 115 Å². The number of rotatable bonds is 13. The molecular formula is C47H48N2O8. The van der Waals surface area contributed by atoms with Crippen molar-refractivity contribution in [2.45, 2.75) is 74.5 Å². The zero-order valence-electron chi connectivity index (χ0n) is 31.9. The predicted octanol–water partition coefficient (Wildman–Crippen LogP) is 5.99. The Balaban J connectivity index is 1.12. The number of carbonyl (C=O) groups excluding carboxylic acids is 3. The number of carbonyl (C=O) groups is 3. The molecule has 2 saturated heterocycles. The van der Waals surface area contributed by atoms with Gasteiger partial charge >= 0.3 is 5.97 Å². The van der Waals surface area contributed by atoms with Crippen LogP contribution in [0, 0.1) is 5.92 Å². The first-order valence-corrected chi connectivity index (χ1v) is 19.8. The topological polar surface area (TPSA) is 127 Å². The molecule has 7 atom stereocenters. The molecule has 3 unspecified atom stereocenters. The van der Waals surface area contributed by atoms with Crippen molar-refractivity contribution < 1.29 is 38.4 Å². The summed E-state index contributed by atoms with van der Waals surface area (Å²) in [6, 6.07) is 35.1. The lowest BCUT2D eigenvalue weighted by atomic mass is 9.88. The average molecular weight is 769 g/mol. The number of epoxide rings is 1. The Kier molecular flexibility index (Phi) is 11.5. The van der Waals surface area contributed by atoms with E-state index in [0.717, 1.165) is 41.5 Å². The summed E-state index contributed by atoms with van der Waals surface area (Å²) in [4.78, 5) is 43.8. The highest BCUT2D eigenvalue weighted by Crippen LogP contribution is 2.47. The minimum atomic E-state index is -1.37. The summed E-state index contributed by atoms with van der Waals surface area (Å²) in [5.41, 5.74) is 3.84. The van der Waals surface area contributed by atoms with E-state index in [4.69, 9.17) is 18.9 Å². The summed E-state index contributed by atoms with van der Waals surface area (Å²) < 4.78 is 26.0. The van der Waals surface area contributed by atoms with Gasteiger partial charge in [0.25, 0.3) is 0 Å². The quantitative estimate of drug-likeness (QED) is 0.126. The fourth-order valence-electron chi connectivity index (χ4n) is 8.37. The SMILES string of the molecule is CN(C(=O)C1=C[C@H]2OC(c3ccccc3)(c3ccccc3)O[C@H]2[C@H](OC(=O)c2ccccc2C=CC2CCC3OC3C2)C1)[C@H](Cc1ccccc1)C(=O)NCCO. The lowest BCUT2D eigenvalue weighted by Crippen LogP contribution is -2.51. The lowest BCUT2D eigenvalue weighted by molar-refractivity contribution is -0.157. The normalized spacial score (nSPS) is 25.1. The highest BCUT2D eigenvalue weighted by molar-refractivity contribution is 5.98. The highest BCUT2D eigenvalue weighted by Gasteiger charge is 2.55. The van der Waals surface area contributed by atoms with Crippen LogP contribution in [0.3, 0.4) is 0 Å². The molecule has 8 rings (SSSR count). The summed E-state index contributed by atoms with van der Waals surface area (Å²) in [5, 5.41) is 12.2. The van der Waals surface area contributed by atoms with Crippen LogP contribution in [0.1, 0.15) is 58.3 Å². The van der Waals surface area contributed by atoms with Crippen LogP contribution in [-0.2, 0) is 40.7 Å². The van der Waals surface area contributed by atoms with Gasteiger partial charge in [-0.3, -0.25) is 9.59 Å². The Bertz CT molecular complexity index is 2070. The van der Waals surface area contributed by atoms with E-state index in [0.29, 0.717) is 29.3 Å². The van der Waals surface area contributed by atoms with Crippen molar-refractivity contribution in [3.63, 3.8) is 0 Å². The third-order valence-electron chi connectivity index (χ3n) is 11.5. The second-order valence-corrected chi connectivity index (χ2v) is 15.2. The van der Waals surface area contributed by atoms with Crippen LogP contribution in [-0.4, -0.2) is 84.6 Å². The second-order valence-electron chi connectivity index (χ2n) is 15.2. The number of benzene rings is 4. The molecule has 0 bridgehead atoms. The number of hydrogen-bond donors (Lipinski definition) is 2. The molecule has 294 valence electrons. The molecule has 4 aromatic rings. The minimum Gasteiger partial charge on any atom is -0.456 e. The fraction of sp³-hybridized carbons (Fsp3) is 0.340. The molecule has 2 heterocycles. The molecule has 2 N–H and O–H groups in total. The van der Waals surface area contributed by atoms with Gasteiger partial charge < -0.3 is 34.3 Å². The summed E-state index contributed by atoms with van der Waals surface area (Å²) in [6.45, 7) is -0.185. The third-order valence-corrected chi connectivity index (χ3v) is 11.5. The first kappa shape index (κ1) is 38.5. The number of likely N-dealkylation sites (N-methyl/N-ethyl adjacent to an activating group) is 1. The van der Waals surface area contributed by atoms with Crippen LogP contribution >= 0.6 is 0 Å². The van der Waals surface area contributed by atoms with Gasteiger partial charge in [0.15, 0.2) is 0 Å². The molecule has 10 heteroatoms. The van der Waals surface area contributed by atoms with Crippen LogP contribution < -0.4 is 5.32 Å². The van der Waals surface area contributed by atoms with E-state index in [1.165, 1.54) is 4.90 Å². The molecule has 0 spiro atoms. The van der Waals surface area contributed by atoms with Crippen molar-refractivity contribution in [1.29, 1.82) is 0 Å². The van der Waals surface area contributed by atoms with Crippen LogP contribution in [0.25, 0.3) is 6.08 Å². The van der Waals surface area contributed by atoms with Gasteiger partial charge in [-0.1, -0.05) is 121 Å². The molecule has 0 radical (unpaired) electrons. The van der Waals surface area contributed by atoms with Crippen LogP contribution in [0.4, 0.5) is 0 Å². The van der Waals surface area contributed by atoms with E-state index in [-0.39, 0.29) is 26.0 Å². The van der Waals surface area contributed by atoms with Crippen LogP contribution in [0.2, 0.25) is 0 Å². The number of nitrogens with zero attached hydrogens (tertiary/aromatic N) is 1. The number of allylic oxidation sites excluding steroid dienone is 1. The summed E-state index contributed by atoms with van der Waals surface area (Å²) in [5.74, 6) is -2.34. The first-order chi connectivity index (χ1) is 27.8. The summed E-state index contributed by atoms with van der Waals surface area (Å²) >= 11 is 0. The number of aliphatic hydroxyl groups excluding tert-OH is 1. The maximum absolute atomic E-state index is 14.6. The smallest absolute Gasteiger partial charge is 0.339 e. The number of amides is 2. The first-order valence-electron chi connectivity index (χ1n) is 19.8. The van der Waals surface area contributed by atoms with Gasteiger partial charge in [-0.15, -0.1) is 0 Å². The van der Waals surface area contributed by atoms with Crippen molar-refractivity contribution in [2.24, 2.45) is 5.92 Å². The van der Waals surface area contributed by atoms with Crippen LogP contribution in [0.5, 0.6) is 0 Å². The van der Waals surface area contributed by atoms with Crippen molar-refractivity contribution >= 4 is 23.9 Å². The van der Waals surface area contributed by atoms with Gasteiger partial charge in [-0.2, -0.15) is 0 Å². The predicted molar refractivity (Wildman–Crippen MR) is 214 cm³/mol. The Morgan fingerprint density at radius 1 is 0.877 bits per heavy atom. The van der Waals surface area contributed by atoms with Gasteiger partial charge in [-0.05, 0) is 48.4 Å². The van der Waals surface area contributed by atoms with Crippen molar-refractivity contribution in [2.75, 3.05) is 20.2 Å². The van der Waals surface area contributed by atoms with E-state index in [1.54, 1.807) is 19.2 Å². The standard InChI is InChI=1S/C47H48N2O8/c1-49(38(44(51)48-25-26-50)27-31-13-5-2-6-14-31)45(52)34-29-41(55-46(53)37-20-12-11-15-33(37)23-21-32-22-24-39-40(28-32)54-39)43-42(30-34)56-47(57-43,35-16-7-3-8-17-35)36-18-9-4-10-19-36/h2-21,23,30,32,38-43,50H,22,24-29H2,1H3,(H,48,51)/t32?,38-,39?,40?,41-,42-,43+/m1/s1. The van der Waals surface area contributed by atoms with Gasteiger partial charge in [0, 0.05) is 43.1 Å². The summed E-state index contributed by atoms with van der Waals surface area (Å²) in [6.07, 6.45) is 7.52. The van der Waals surface area contributed by atoms with Gasteiger partial charge in [0.2, 0.25) is 17.6 Å². The molecule has 4 aromatic carbocycles. The molecule has 3 fully saturated rings. The Labute approximate surface area is 333 Å². The maximum Gasteiger partial charge on any atom is 0.339 e. The fourth-order valence-corrected chi connectivity index (χ4v) is 8.37. The number of aliphatic hydroxyl groups is 1. The Morgan fingerprint density at radius 2 is 1.54 bits per heavy atom. The summed E-state index contributed by atoms with van der Waals surface area (Å²) in [7, 11) is 1.59. The van der Waals surface area contributed by atoms with E-state index >= 15 is 0 Å².